The molecule has 0 bridgehead atoms. The number of unbranched alkanes of at least 4 members (excludes halogenated alkanes) is 26. The van der Waals surface area contributed by atoms with Crippen molar-refractivity contribution in [1.82, 2.24) is 0 Å². The van der Waals surface area contributed by atoms with E-state index in [4.69, 9.17) is 14.2 Å². The Morgan fingerprint density at radius 1 is 0.344 bits per heavy atom. The summed E-state index contributed by atoms with van der Waals surface area (Å²) in [5.41, 5.74) is 0. The predicted molar refractivity (Wildman–Crippen MR) is 261 cm³/mol. The van der Waals surface area contributed by atoms with Crippen LogP contribution in [0.15, 0.2) is 72.9 Å². The molecule has 1 unspecified atom stereocenters. The van der Waals surface area contributed by atoms with Crippen molar-refractivity contribution in [1.29, 1.82) is 0 Å². The zero-order chi connectivity index (χ0) is 44.4. The molecule has 0 spiro atoms. The average molecular weight is 851 g/mol. The third-order valence-corrected chi connectivity index (χ3v) is 10.8. The first-order valence-corrected chi connectivity index (χ1v) is 25.5. The predicted octanol–water partition coefficient (Wildman–Crippen LogP) is 16.6. The van der Waals surface area contributed by atoms with Crippen molar-refractivity contribution in [3.05, 3.63) is 72.9 Å². The van der Waals surface area contributed by atoms with Gasteiger partial charge in [0.1, 0.15) is 13.2 Å². The summed E-state index contributed by atoms with van der Waals surface area (Å²) < 4.78 is 16.7. The van der Waals surface area contributed by atoms with Gasteiger partial charge < -0.3 is 14.2 Å². The van der Waals surface area contributed by atoms with Gasteiger partial charge in [-0.15, -0.1) is 0 Å². The molecule has 0 heterocycles. The van der Waals surface area contributed by atoms with E-state index in [-0.39, 0.29) is 31.1 Å². The number of allylic oxidation sites excluding steroid dienone is 12. The molecule has 0 aliphatic carbocycles. The zero-order valence-electron chi connectivity index (χ0n) is 39.9. The Morgan fingerprint density at radius 2 is 0.639 bits per heavy atom. The summed E-state index contributed by atoms with van der Waals surface area (Å²) in [7, 11) is 0. The van der Waals surface area contributed by atoms with Crippen LogP contribution in [0.25, 0.3) is 0 Å². The molecule has 350 valence electrons. The van der Waals surface area contributed by atoms with Gasteiger partial charge >= 0.3 is 17.9 Å². The van der Waals surface area contributed by atoms with Gasteiger partial charge in [0.25, 0.3) is 0 Å². The monoisotopic (exact) mass is 851 g/mol. The van der Waals surface area contributed by atoms with E-state index in [2.05, 4.69) is 57.2 Å². The molecule has 0 amide bonds. The molecule has 0 aromatic heterocycles. The fraction of sp³-hybridized carbons (Fsp3) is 0.727. The molecule has 0 aromatic carbocycles. The van der Waals surface area contributed by atoms with Crippen molar-refractivity contribution in [3.8, 4) is 0 Å². The number of ether oxygens (including phenoxy) is 3. The Kier molecular flexibility index (Phi) is 46.9. The summed E-state index contributed by atoms with van der Waals surface area (Å²) in [6.07, 6.45) is 61.7. The van der Waals surface area contributed by atoms with Crippen LogP contribution in [-0.4, -0.2) is 37.2 Å². The van der Waals surface area contributed by atoms with Crippen LogP contribution >= 0.6 is 0 Å². The van der Waals surface area contributed by atoms with Crippen molar-refractivity contribution >= 4 is 17.9 Å². The summed E-state index contributed by atoms with van der Waals surface area (Å²) in [6, 6.07) is 0. The van der Waals surface area contributed by atoms with Crippen LogP contribution in [-0.2, 0) is 28.6 Å². The van der Waals surface area contributed by atoms with E-state index in [1.807, 2.05) is 36.5 Å². The highest BCUT2D eigenvalue weighted by Crippen LogP contribution is 2.15. The van der Waals surface area contributed by atoms with Gasteiger partial charge in [-0.25, -0.2) is 0 Å². The normalized spacial score (nSPS) is 12.6. The van der Waals surface area contributed by atoms with Crippen molar-refractivity contribution in [2.75, 3.05) is 13.2 Å². The quantitative estimate of drug-likeness (QED) is 0.0263. The first-order chi connectivity index (χ1) is 30.0. The molecule has 0 saturated carbocycles. The highest BCUT2D eigenvalue weighted by atomic mass is 16.6. The molecule has 6 heteroatoms. The largest absolute Gasteiger partial charge is 0.462 e. The number of rotatable bonds is 45. The molecular formula is C55H94O6. The van der Waals surface area contributed by atoms with Crippen molar-refractivity contribution in [3.63, 3.8) is 0 Å². The van der Waals surface area contributed by atoms with E-state index in [0.29, 0.717) is 19.3 Å². The molecule has 0 aliphatic rings. The van der Waals surface area contributed by atoms with Crippen LogP contribution in [0.3, 0.4) is 0 Å². The minimum atomic E-state index is -0.799. The number of carbonyl (C=O) groups excluding carboxylic acids is 3. The molecular weight excluding hydrogens is 757 g/mol. The van der Waals surface area contributed by atoms with Gasteiger partial charge in [0.2, 0.25) is 0 Å². The molecule has 0 aliphatic heterocycles. The number of hydrogen-bond acceptors (Lipinski definition) is 6. The van der Waals surface area contributed by atoms with Crippen molar-refractivity contribution in [2.45, 2.75) is 245 Å². The lowest BCUT2D eigenvalue weighted by molar-refractivity contribution is -0.167. The third-order valence-electron chi connectivity index (χ3n) is 10.8. The second-order valence-corrected chi connectivity index (χ2v) is 16.8. The molecule has 61 heavy (non-hydrogen) atoms. The minimum absolute atomic E-state index is 0.101. The van der Waals surface area contributed by atoms with E-state index in [1.54, 1.807) is 0 Å². The maximum Gasteiger partial charge on any atom is 0.306 e. The topological polar surface area (TPSA) is 78.9 Å². The lowest BCUT2D eigenvalue weighted by Gasteiger charge is -2.18. The van der Waals surface area contributed by atoms with Crippen LogP contribution in [0, 0.1) is 0 Å². The SMILES string of the molecule is CC\C=C/C=C\C=C/C=C\CCCCCC(=O)OCC(COC(=O)CCCCC/C=C\C=C/CCCCCCCCC)OC(=O)CCCCCCCCCCCCCCCC. The fourth-order valence-corrected chi connectivity index (χ4v) is 6.97. The van der Waals surface area contributed by atoms with E-state index < -0.39 is 6.10 Å². The molecule has 0 radical (unpaired) electrons. The van der Waals surface area contributed by atoms with Gasteiger partial charge in [-0.05, 0) is 64.2 Å². The van der Waals surface area contributed by atoms with E-state index >= 15 is 0 Å². The van der Waals surface area contributed by atoms with Crippen molar-refractivity contribution in [2.24, 2.45) is 0 Å². The molecule has 1 atom stereocenters. The Bertz CT molecular complexity index is 1160. The highest BCUT2D eigenvalue weighted by molar-refractivity contribution is 5.71. The Hall–Kier alpha value is -3.15. The fourth-order valence-electron chi connectivity index (χ4n) is 6.97. The van der Waals surface area contributed by atoms with E-state index in [9.17, 15) is 14.4 Å². The van der Waals surface area contributed by atoms with Crippen LogP contribution in [0.2, 0.25) is 0 Å². The Balaban J connectivity index is 4.47. The van der Waals surface area contributed by atoms with E-state index in [1.165, 1.54) is 116 Å². The summed E-state index contributed by atoms with van der Waals surface area (Å²) in [4.78, 5) is 37.9. The van der Waals surface area contributed by atoms with Gasteiger partial charge in [0.15, 0.2) is 6.10 Å². The van der Waals surface area contributed by atoms with Crippen LogP contribution in [0.1, 0.15) is 239 Å². The van der Waals surface area contributed by atoms with Gasteiger partial charge in [0.05, 0.1) is 0 Å². The maximum absolute atomic E-state index is 12.8. The molecule has 0 aromatic rings. The molecule has 0 N–H and O–H groups in total. The lowest BCUT2D eigenvalue weighted by Crippen LogP contribution is -2.30. The van der Waals surface area contributed by atoms with Crippen LogP contribution < -0.4 is 0 Å². The lowest BCUT2D eigenvalue weighted by atomic mass is 10.0. The standard InChI is InChI=1S/C55H94O6/c1-4-7-10-13-16-19-22-25-27-28-31-33-36-39-42-45-48-54(57)60-51-52(50-59-53(56)47-44-41-38-35-32-29-24-21-18-15-12-9-6-3)61-55(58)49-46-43-40-37-34-30-26-23-20-17-14-11-8-5-2/h9,12,15,18,21,24,27-29,31-33,52H,4-8,10-11,13-14,16-17,19-20,22-23,25-26,30,34-51H2,1-3H3/b12-9-,18-15-,24-21-,28-27-,32-29-,33-31-. The van der Waals surface area contributed by atoms with Gasteiger partial charge in [0, 0.05) is 19.3 Å². The van der Waals surface area contributed by atoms with Crippen LogP contribution in [0.4, 0.5) is 0 Å². The Labute approximate surface area is 376 Å². The van der Waals surface area contributed by atoms with Gasteiger partial charge in [-0.1, -0.05) is 229 Å². The second kappa shape index (κ2) is 49.5. The second-order valence-electron chi connectivity index (χ2n) is 16.8. The van der Waals surface area contributed by atoms with E-state index in [0.717, 1.165) is 83.5 Å². The van der Waals surface area contributed by atoms with Crippen molar-refractivity contribution < 1.29 is 28.6 Å². The van der Waals surface area contributed by atoms with Gasteiger partial charge in [-0.3, -0.25) is 14.4 Å². The average Bonchev–Trinajstić information content (AvgIpc) is 3.26. The molecule has 6 nitrogen and oxygen atoms in total. The highest BCUT2D eigenvalue weighted by Gasteiger charge is 2.19. The summed E-state index contributed by atoms with van der Waals surface area (Å²) >= 11 is 0. The first kappa shape index (κ1) is 57.9. The summed E-state index contributed by atoms with van der Waals surface area (Å²) in [6.45, 7) is 6.44. The Morgan fingerprint density at radius 3 is 1.03 bits per heavy atom. The van der Waals surface area contributed by atoms with Gasteiger partial charge in [-0.2, -0.15) is 0 Å². The molecule has 0 saturated heterocycles. The smallest absolute Gasteiger partial charge is 0.306 e. The maximum atomic E-state index is 12.8. The number of esters is 3. The number of carbonyl (C=O) groups is 3. The first-order valence-electron chi connectivity index (χ1n) is 25.5. The summed E-state index contributed by atoms with van der Waals surface area (Å²) in [5.74, 6) is -0.961. The van der Waals surface area contributed by atoms with Crippen LogP contribution in [0.5, 0.6) is 0 Å². The zero-order valence-corrected chi connectivity index (χ0v) is 39.9. The minimum Gasteiger partial charge on any atom is -0.462 e. The third kappa shape index (κ3) is 47.7. The molecule has 0 rings (SSSR count). The number of hydrogen-bond donors (Lipinski definition) is 0. The molecule has 0 fully saturated rings. The summed E-state index contributed by atoms with van der Waals surface area (Å²) in [5, 5.41) is 0.